The topological polar surface area (TPSA) is 15.3 Å². The monoisotopic (exact) mass is 238 g/mol. The van der Waals surface area contributed by atoms with Crippen molar-refractivity contribution in [2.45, 2.75) is 70.9 Å². The molecule has 17 heavy (non-hydrogen) atoms. The zero-order valence-electron chi connectivity index (χ0n) is 12.0. The van der Waals surface area contributed by atoms with Gasteiger partial charge in [-0.1, -0.05) is 33.1 Å². The van der Waals surface area contributed by atoms with E-state index in [0.29, 0.717) is 5.54 Å². The van der Waals surface area contributed by atoms with Crippen molar-refractivity contribution in [2.75, 3.05) is 19.6 Å². The Labute approximate surface area is 107 Å². The van der Waals surface area contributed by atoms with Crippen LogP contribution in [-0.2, 0) is 0 Å². The molecule has 100 valence electrons. The average molecular weight is 238 g/mol. The van der Waals surface area contributed by atoms with Crippen molar-refractivity contribution >= 4 is 0 Å². The van der Waals surface area contributed by atoms with Gasteiger partial charge in [0.25, 0.3) is 0 Å². The maximum atomic E-state index is 3.89. The first-order chi connectivity index (χ1) is 8.11. The minimum Gasteiger partial charge on any atom is -0.310 e. The third kappa shape index (κ3) is 3.45. The number of nitrogens with zero attached hydrogens (tertiary/aromatic N) is 1. The molecule has 0 aromatic carbocycles. The maximum absolute atomic E-state index is 3.89. The molecule has 1 saturated carbocycles. The Bertz CT molecular complexity index is 231. The zero-order valence-corrected chi connectivity index (χ0v) is 12.0. The molecule has 2 rings (SSSR count). The SMILES string of the molecule is CC(C)CN1CC2(CCCCC2)NCCC1C. The lowest BCUT2D eigenvalue weighted by Gasteiger charge is -2.41. The van der Waals surface area contributed by atoms with Gasteiger partial charge >= 0.3 is 0 Å². The van der Waals surface area contributed by atoms with E-state index in [1.165, 1.54) is 58.2 Å². The van der Waals surface area contributed by atoms with Gasteiger partial charge in [-0.25, -0.2) is 0 Å². The average Bonchev–Trinajstić information content (AvgIpc) is 2.41. The maximum Gasteiger partial charge on any atom is 0.0308 e. The second-order valence-corrected chi connectivity index (χ2v) is 6.73. The van der Waals surface area contributed by atoms with Gasteiger partial charge in [0, 0.05) is 24.7 Å². The quantitative estimate of drug-likeness (QED) is 0.795. The smallest absolute Gasteiger partial charge is 0.0308 e. The summed E-state index contributed by atoms with van der Waals surface area (Å²) in [5, 5.41) is 3.89. The molecule has 0 amide bonds. The van der Waals surface area contributed by atoms with E-state index in [4.69, 9.17) is 0 Å². The van der Waals surface area contributed by atoms with E-state index in [-0.39, 0.29) is 0 Å². The summed E-state index contributed by atoms with van der Waals surface area (Å²) >= 11 is 0. The van der Waals surface area contributed by atoms with Crippen LogP contribution >= 0.6 is 0 Å². The molecule has 1 aliphatic carbocycles. The minimum absolute atomic E-state index is 0.456. The van der Waals surface area contributed by atoms with Crippen LogP contribution < -0.4 is 5.32 Å². The molecule has 2 fully saturated rings. The predicted octanol–water partition coefficient (Wildman–Crippen LogP) is 3.03. The molecule has 1 N–H and O–H groups in total. The first-order valence-corrected chi connectivity index (χ1v) is 7.60. The molecule has 2 nitrogen and oxygen atoms in total. The summed E-state index contributed by atoms with van der Waals surface area (Å²) in [4.78, 5) is 2.75. The van der Waals surface area contributed by atoms with Crippen molar-refractivity contribution in [3.8, 4) is 0 Å². The molecule has 0 aromatic heterocycles. The van der Waals surface area contributed by atoms with E-state index in [2.05, 4.69) is 31.0 Å². The number of rotatable bonds is 2. The van der Waals surface area contributed by atoms with Crippen LogP contribution in [0.25, 0.3) is 0 Å². The molecule has 1 saturated heterocycles. The Hall–Kier alpha value is -0.0800. The van der Waals surface area contributed by atoms with Crippen molar-refractivity contribution in [3.63, 3.8) is 0 Å². The Morgan fingerprint density at radius 2 is 1.94 bits per heavy atom. The molecule has 2 aliphatic rings. The molecular weight excluding hydrogens is 208 g/mol. The zero-order chi connectivity index (χ0) is 12.3. The van der Waals surface area contributed by atoms with Gasteiger partial charge in [-0.2, -0.15) is 0 Å². The fourth-order valence-electron chi connectivity index (χ4n) is 3.61. The second kappa shape index (κ2) is 5.71. The van der Waals surface area contributed by atoms with Crippen molar-refractivity contribution in [1.82, 2.24) is 10.2 Å². The largest absolute Gasteiger partial charge is 0.310 e. The van der Waals surface area contributed by atoms with Gasteiger partial charge in [0.15, 0.2) is 0 Å². The van der Waals surface area contributed by atoms with E-state index >= 15 is 0 Å². The standard InChI is InChI=1S/C15H30N2/c1-13(2)11-17-12-15(8-5-4-6-9-15)16-10-7-14(17)3/h13-14,16H,4-12H2,1-3H3. The van der Waals surface area contributed by atoms with Crippen LogP contribution in [0.2, 0.25) is 0 Å². The number of hydrogen-bond acceptors (Lipinski definition) is 2. The van der Waals surface area contributed by atoms with Gasteiger partial charge in [-0.15, -0.1) is 0 Å². The van der Waals surface area contributed by atoms with Crippen molar-refractivity contribution in [2.24, 2.45) is 5.92 Å². The van der Waals surface area contributed by atoms with E-state index in [9.17, 15) is 0 Å². The predicted molar refractivity (Wildman–Crippen MR) is 74.3 cm³/mol. The van der Waals surface area contributed by atoms with Crippen LogP contribution in [0.3, 0.4) is 0 Å². The van der Waals surface area contributed by atoms with Crippen LogP contribution in [-0.4, -0.2) is 36.1 Å². The highest BCUT2D eigenvalue weighted by atomic mass is 15.2. The van der Waals surface area contributed by atoms with Gasteiger partial charge in [0.1, 0.15) is 0 Å². The molecule has 1 spiro atoms. The van der Waals surface area contributed by atoms with Gasteiger partial charge in [0.05, 0.1) is 0 Å². The van der Waals surface area contributed by atoms with Gasteiger partial charge in [-0.05, 0) is 38.6 Å². The molecule has 1 aliphatic heterocycles. The fourth-order valence-corrected chi connectivity index (χ4v) is 3.61. The summed E-state index contributed by atoms with van der Waals surface area (Å²) in [7, 11) is 0. The molecule has 1 unspecified atom stereocenters. The lowest BCUT2D eigenvalue weighted by molar-refractivity contribution is 0.126. The van der Waals surface area contributed by atoms with Crippen molar-refractivity contribution in [3.05, 3.63) is 0 Å². The van der Waals surface area contributed by atoms with Gasteiger partial charge in [0.2, 0.25) is 0 Å². The summed E-state index contributed by atoms with van der Waals surface area (Å²) in [5.74, 6) is 0.788. The van der Waals surface area contributed by atoms with E-state index in [1.807, 2.05) is 0 Å². The highest BCUT2D eigenvalue weighted by molar-refractivity contribution is 4.96. The van der Waals surface area contributed by atoms with Crippen LogP contribution in [0.5, 0.6) is 0 Å². The van der Waals surface area contributed by atoms with Gasteiger partial charge in [-0.3, -0.25) is 4.90 Å². The number of hydrogen-bond donors (Lipinski definition) is 1. The highest BCUT2D eigenvalue weighted by Crippen LogP contribution is 2.31. The third-order valence-electron chi connectivity index (χ3n) is 4.60. The first-order valence-electron chi connectivity index (χ1n) is 7.60. The molecule has 0 radical (unpaired) electrons. The van der Waals surface area contributed by atoms with Crippen molar-refractivity contribution < 1.29 is 0 Å². The van der Waals surface area contributed by atoms with Crippen molar-refractivity contribution in [1.29, 1.82) is 0 Å². The molecule has 0 aromatic rings. The Kier molecular flexibility index (Phi) is 4.48. The molecule has 1 atom stereocenters. The molecular formula is C15H30N2. The fraction of sp³-hybridized carbons (Fsp3) is 1.00. The summed E-state index contributed by atoms with van der Waals surface area (Å²) < 4.78 is 0. The minimum atomic E-state index is 0.456. The molecule has 1 heterocycles. The lowest BCUT2D eigenvalue weighted by Crippen LogP contribution is -2.53. The second-order valence-electron chi connectivity index (χ2n) is 6.73. The normalized spacial score (nSPS) is 30.7. The van der Waals surface area contributed by atoms with Gasteiger partial charge < -0.3 is 5.32 Å². The van der Waals surface area contributed by atoms with E-state index in [1.54, 1.807) is 0 Å². The van der Waals surface area contributed by atoms with E-state index in [0.717, 1.165) is 12.0 Å². The van der Waals surface area contributed by atoms with E-state index < -0.39 is 0 Å². The van der Waals surface area contributed by atoms with Crippen LogP contribution in [0.4, 0.5) is 0 Å². The first kappa shape index (κ1) is 13.4. The number of nitrogens with one attached hydrogen (secondary N) is 1. The van der Waals surface area contributed by atoms with Crippen LogP contribution in [0.15, 0.2) is 0 Å². The molecule has 2 heteroatoms. The molecule has 0 bridgehead atoms. The highest BCUT2D eigenvalue weighted by Gasteiger charge is 2.36. The summed E-state index contributed by atoms with van der Waals surface area (Å²) in [6.45, 7) is 10.9. The van der Waals surface area contributed by atoms with Crippen LogP contribution in [0, 0.1) is 5.92 Å². The summed E-state index contributed by atoms with van der Waals surface area (Å²) in [6, 6.07) is 0.756. The lowest BCUT2D eigenvalue weighted by atomic mass is 9.81. The van der Waals surface area contributed by atoms with Crippen LogP contribution in [0.1, 0.15) is 59.3 Å². The Morgan fingerprint density at radius 1 is 1.24 bits per heavy atom. The third-order valence-corrected chi connectivity index (χ3v) is 4.60. The summed E-state index contributed by atoms with van der Waals surface area (Å²) in [5.41, 5.74) is 0.456. The Balaban J connectivity index is 2.03. The Morgan fingerprint density at radius 3 is 2.59 bits per heavy atom. The summed E-state index contributed by atoms with van der Waals surface area (Å²) in [6.07, 6.45) is 8.41.